The molecule has 1 aliphatic carbocycles. The van der Waals surface area contributed by atoms with Gasteiger partial charge in [-0.05, 0) is 43.2 Å². The molecule has 4 aliphatic rings. The number of rotatable bonds is 4. The summed E-state index contributed by atoms with van der Waals surface area (Å²) in [7, 11) is 0. The molecule has 0 aromatic heterocycles. The van der Waals surface area contributed by atoms with Gasteiger partial charge in [0.2, 0.25) is 0 Å². The number of ether oxygens (including phenoxy) is 1. The topological polar surface area (TPSA) is 62.7 Å². The van der Waals surface area contributed by atoms with Gasteiger partial charge in [-0.1, -0.05) is 23.7 Å². The van der Waals surface area contributed by atoms with E-state index in [0.29, 0.717) is 34.2 Å². The average Bonchev–Trinajstić information content (AvgIpc) is 3.16. The van der Waals surface area contributed by atoms with Gasteiger partial charge < -0.3 is 10.1 Å². The zero-order valence-corrected chi connectivity index (χ0v) is 16.1. The van der Waals surface area contributed by atoms with Crippen LogP contribution in [-0.2, 0) is 4.74 Å². The Kier molecular flexibility index (Phi) is 5.84. The molecule has 0 spiro atoms. The quantitative estimate of drug-likeness (QED) is 0.825. The van der Waals surface area contributed by atoms with Crippen LogP contribution in [-0.4, -0.2) is 48.7 Å². The molecule has 1 aromatic rings. The summed E-state index contributed by atoms with van der Waals surface area (Å²) in [6, 6.07) is 7.10. The van der Waals surface area contributed by atoms with E-state index in [4.69, 9.17) is 16.3 Å². The van der Waals surface area contributed by atoms with Crippen LogP contribution < -0.4 is 10.6 Å². The van der Waals surface area contributed by atoms with Crippen LogP contribution >= 0.6 is 23.4 Å². The van der Waals surface area contributed by atoms with Crippen LogP contribution in [0.15, 0.2) is 29.3 Å². The number of hydrogen-bond donors (Lipinski definition) is 2. The Balaban J connectivity index is 1.37. The molecule has 5 nitrogen and oxygen atoms in total. The number of benzene rings is 1. The van der Waals surface area contributed by atoms with E-state index in [-0.39, 0.29) is 18.2 Å². The second kappa shape index (κ2) is 8.30. The minimum atomic E-state index is -0.163. The van der Waals surface area contributed by atoms with Gasteiger partial charge in [0.25, 0.3) is 5.91 Å². The first-order valence-corrected chi connectivity index (χ1v) is 10.6. The number of thioether (sulfide) groups is 1. The molecule has 26 heavy (non-hydrogen) atoms. The standard InChI is InChI=1S/C19H24ClN3O2S/c20-15-4-2-1-3-13(15)19(24)23-10-18-22-8-12-5-6-16(25-18)14(7-12)17-9-21-11-26-17/h1-4,11-12,14,16-18,22H,5-10H2,(H,23,24). The third-order valence-corrected chi connectivity index (χ3v) is 7.00. The molecule has 1 amide bonds. The van der Waals surface area contributed by atoms with E-state index in [1.807, 2.05) is 29.4 Å². The lowest BCUT2D eigenvalue weighted by Gasteiger charge is -2.43. The van der Waals surface area contributed by atoms with Crippen LogP contribution in [0.2, 0.25) is 5.02 Å². The first kappa shape index (κ1) is 18.3. The fraction of sp³-hybridized carbons (Fsp3) is 0.579. The summed E-state index contributed by atoms with van der Waals surface area (Å²) in [5.74, 6) is 1.07. The summed E-state index contributed by atoms with van der Waals surface area (Å²) >= 11 is 7.96. The van der Waals surface area contributed by atoms with Gasteiger partial charge in [-0.25, -0.2) is 0 Å². The van der Waals surface area contributed by atoms with E-state index in [0.717, 1.165) is 19.5 Å². The maximum absolute atomic E-state index is 12.4. The SMILES string of the molecule is O=C(NCC1NCC2CCC(O1)C(C1CN=CS1)C2)c1ccccc1Cl. The van der Waals surface area contributed by atoms with Gasteiger partial charge in [-0.2, -0.15) is 0 Å². The molecule has 0 radical (unpaired) electrons. The lowest BCUT2D eigenvalue weighted by Crippen LogP contribution is -2.53. The van der Waals surface area contributed by atoms with E-state index in [1.165, 1.54) is 12.8 Å². The highest BCUT2D eigenvalue weighted by Gasteiger charge is 2.40. The van der Waals surface area contributed by atoms with Crippen molar-refractivity contribution in [3.63, 3.8) is 0 Å². The van der Waals surface area contributed by atoms with Crippen LogP contribution in [0.3, 0.4) is 0 Å². The van der Waals surface area contributed by atoms with Crippen molar-refractivity contribution in [2.24, 2.45) is 16.8 Å². The van der Waals surface area contributed by atoms with E-state index < -0.39 is 0 Å². The van der Waals surface area contributed by atoms with Crippen LogP contribution in [0.25, 0.3) is 0 Å². The van der Waals surface area contributed by atoms with Gasteiger partial charge in [-0.3, -0.25) is 15.1 Å². The molecule has 140 valence electrons. The predicted octanol–water partition coefficient (Wildman–Crippen LogP) is 2.94. The highest BCUT2D eigenvalue weighted by atomic mass is 35.5. The Morgan fingerprint density at radius 3 is 3.08 bits per heavy atom. The Labute approximate surface area is 163 Å². The molecule has 1 aromatic carbocycles. The zero-order chi connectivity index (χ0) is 17.9. The molecule has 5 unspecified atom stereocenters. The minimum Gasteiger partial charge on any atom is -0.358 e. The van der Waals surface area contributed by atoms with Gasteiger partial charge in [0.15, 0.2) is 0 Å². The van der Waals surface area contributed by atoms with Gasteiger partial charge in [0, 0.05) is 11.8 Å². The third kappa shape index (κ3) is 4.09. The third-order valence-electron chi connectivity index (χ3n) is 5.56. The molecule has 5 atom stereocenters. The molecule has 2 saturated heterocycles. The molecule has 3 heterocycles. The van der Waals surface area contributed by atoms with Crippen molar-refractivity contribution < 1.29 is 9.53 Å². The molecule has 2 bridgehead atoms. The smallest absolute Gasteiger partial charge is 0.252 e. The Bertz CT molecular complexity index is 679. The second-order valence-corrected chi connectivity index (χ2v) is 8.75. The lowest BCUT2D eigenvalue weighted by molar-refractivity contribution is -0.0968. The summed E-state index contributed by atoms with van der Waals surface area (Å²) in [4.78, 5) is 16.8. The van der Waals surface area contributed by atoms with Crippen LogP contribution in [0.5, 0.6) is 0 Å². The summed E-state index contributed by atoms with van der Waals surface area (Å²) in [5.41, 5.74) is 2.48. The van der Waals surface area contributed by atoms with Gasteiger partial charge in [0.05, 0.1) is 35.3 Å². The van der Waals surface area contributed by atoms with E-state index in [2.05, 4.69) is 15.6 Å². The zero-order valence-electron chi connectivity index (χ0n) is 14.6. The van der Waals surface area contributed by atoms with Crippen LogP contribution in [0.1, 0.15) is 29.6 Å². The van der Waals surface area contributed by atoms with Crippen molar-refractivity contribution in [3.05, 3.63) is 34.9 Å². The van der Waals surface area contributed by atoms with Crippen LogP contribution in [0.4, 0.5) is 0 Å². The average molecular weight is 394 g/mol. The number of nitrogens with zero attached hydrogens (tertiary/aromatic N) is 1. The van der Waals surface area contributed by atoms with Gasteiger partial charge in [-0.15, -0.1) is 11.8 Å². The number of halogens is 1. The Morgan fingerprint density at radius 2 is 2.27 bits per heavy atom. The minimum absolute atomic E-state index is 0.162. The number of nitrogens with one attached hydrogen (secondary N) is 2. The molecular formula is C19H24ClN3O2S. The molecule has 3 fully saturated rings. The van der Waals surface area contributed by atoms with Gasteiger partial charge >= 0.3 is 0 Å². The number of amides is 1. The van der Waals surface area contributed by atoms with Gasteiger partial charge in [0.1, 0.15) is 6.23 Å². The monoisotopic (exact) mass is 393 g/mol. The fourth-order valence-electron chi connectivity index (χ4n) is 4.17. The second-order valence-electron chi connectivity index (χ2n) is 7.25. The van der Waals surface area contributed by atoms with E-state index in [9.17, 15) is 4.79 Å². The number of aliphatic imine (C=N–C) groups is 1. The molecule has 7 heteroatoms. The molecule has 5 rings (SSSR count). The number of hydrogen-bond acceptors (Lipinski definition) is 5. The summed E-state index contributed by atoms with van der Waals surface area (Å²) in [5, 5.41) is 7.45. The first-order valence-electron chi connectivity index (χ1n) is 9.26. The molecular weight excluding hydrogens is 370 g/mol. The molecule has 3 aliphatic heterocycles. The van der Waals surface area contributed by atoms with E-state index in [1.54, 1.807) is 12.1 Å². The van der Waals surface area contributed by atoms with Crippen molar-refractivity contribution >= 4 is 34.8 Å². The van der Waals surface area contributed by atoms with E-state index >= 15 is 0 Å². The largest absolute Gasteiger partial charge is 0.358 e. The predicted molar refractivity (Wildman–Crippen MR) is 106 cm³/mol. The Morgan fingerprint density at radius 1 is 1.38 bits per heavy atom. The fourth-order valence-corrected chi connectivity index (χ4v) is 5.38. The highest BCUT2D eigenvalue weighted by molar-refractivity contribution is 8.12. The number of fused-ring (bicyclic) bond motifs is 5. The normalized spacial score (nSPS) is 33.7. The first-order chi connectivity index (χ1) is 12.7. The maximum atomic E-state index is 12.4. The van der Waals surface area contributed by atoms with Crippen molar-refractivity contribution in [3.8, 4) is 0 Å². The summed E-state index contributed by atoms with van der Waals surface area (Å²) < 4.78 is 6.39. The Hall–Kier alpha value is -1.08. The van der Waals surface area contributed by atoms with Crippen molar-refractivity contribution in [1.82, 2.24) is 10.6 Å². The number of carbonyl (C=O) groups excluding carboxylic acids is 1. The van der Waals surface area contributed by atoms with Crippen molar-refractivity contribution in [1.29, 1.82) is 0 Å². The van der Waals surface area contributed by atoms with Crippen LogP contribution in [0, 0.1) is 11.8 Å². The molecule has 1 saturated carbocycles. The maximum Gasteiger partial charge on any atom is 0.252 e. The highest BCUT2D eigenvalue weighted by Crippen LogP contribution is 2.40. The molecule has 2 N–H and O–H groups in total. The van der Waals surface area contributed by atoms with Crippen molar-refractivity contribution in [2.75, 3.05) is 19.6 Å². The van der Waals surface area contributed by atoms with Crippen molar-refractivity contribution in [2.45, 2.75) is 36.8 Å². The summed E-state index contributed by atoms with van der Waals surface area (Å²) in [6.07, 6.45) is 3.59. The summed E-state index contributed by atoms with van der Waals surface area (Å²) in [6.45, 7) is 2.28. The number of carbonyl (C=O) groups is 1. The lowest BCUT2D eigenvalue weighted by atomic mass is 9.77.